The number of aliphatic hydroxyl groups is 5. The van der Waals surface area contributed by atoms with Crippen LogP contribution in [0.4, 0.5) is 4.79 Å². The van der Waals surface area contributed by atoms with Crippen molar-refractivity contribution in [2.45, 2.75) is 67.4 Å². The molecule has 0 radical (unpaired) electrons. The predicted octanol–water partition coefficient (Wildman–Crippen LogP) is -2.58. The summed E-state index contributed by atoms with van der Waals surface area (Å²) < 4.78 is 0. The number of aldehydes is 1. The van der Waals surface area contributed by atoms with E-state index in [0.29, 0.717) is 5.25 Å². The van der Waals surface area contributed by atoms with Crippen LogP contribution >= 0.6 is 11.8 Å². The van der Waals surface area contributed by atoms with Gasteiger partial charge in [-0.1, -0.05) is 6.42 Å². The third-order valence-corrected chi connectivity index (χ3v) is 6.00. The van der Waals surface area contributed by atoms with Gasteiger partial charge in [0, 0.05) is 17.4 Å². The first kappa shape index (κ1) is 24.6. The van der Waals surface area contributed by atoms with E-state index < -0.39 is 37.0 Å². The quantitative estimate of drug-likeness (QED) is 0.105. The lowest BCUT2D eigenvalue weighted by molar-refractivity contribution is -0.137. The van der Waals surface area contributed by atoms with Gasteiger partial charge in [0.05, 0.1) is 18.7 Å². The average Bonchev–Trinajstić information content (AvgIpc) is 3.22. The molecule has 12 heteroatoms. The zero-order valence-corrected chi connectivity index (χ0v) is 16.0. The van der Waals surface area contributed by atoms with Crippen LogP contribution in [0.2, 0.25) is 0 Å². The molecule has 0 saturated carbocycles. The molecule has 2 amide bonds. The van der Waals surface area contributed by atoms with Crippen LogP contribution in [0.1, 0.15) is 25.7 Å². The molecule has 0 unspecified atom stereocenters. The Labute approximate surface area is 166 Å². The summed E-state index contributed by atoms with van der Waals surface area (Å²) in [4.78, 5) is 31.4. The van der Waals surface area contributed by atoms with Crippen molar-refractivity contribution in [3.8, 4) is 0 Å². The second-order valence-corrected chi connectivity index (χ2v) is 7.89. The van der Waals surface area contributed by atoms with Crippen molar-refractivity contribution in [3.63, 3.8) is 0 Å². The number of hydrogen-bond donors (Lipinski definition) is 8. The molecule has 2 rings (SSSR count). The van der Waals surface area contributed by atoms with Gasteiger partial charge in [-0.05, 0) is 12.8 Å². The topological polar surface area (TPSA) is 197 Å². The third-order valence-electron chi connectivity index (χ3n) is 4.49. The third kappa shape index (κ3) is 7.53. The van der Waals surface area contributed by atoms with Gasteiger partial charge in [0.2, 0.25) is 0 Å². The van der Waals surface area contributed by atoms with Crippen molar-refractivity contribution in [2.75, 3.05) is 12.4 Å². The van der Waals surface area contributed by atoms with Gasteiger partial charge in [0.25, 0.3) is 0 Å². The van der Waals surface area contributed by atoms with Crippen molar-refractivity contribution in [1.29, 1.82) is 0 Å². The van der Waals surface area contributed by atoms with E-state index in [1.54, 1.807) is 0 Å². The Hall–Kier alpha value is -1.44. The standard InChI is InChI=1S/C10H16N2O3S.C6H12O6/c13-8(14)4-2-1-3-7-9-6(5-16-7)11-10(15)12-9;7-1-3(9)5(11)6(12)4(10)2-8/h6-7,9H,1-5H2,(H,13,14)(H2,11,12,15);1,3-6,8-12H,2H2/t6-,7-,9-;3-,4+,5+,6-/m00/s1. The molecule has 11 nitrogen and oxygen atoms in total. The highest BCUT2D eigenvalue weighted by molar-refractivity contribution is 8.00. The van der Waals surface area contributed by atoms with E-state index in [-0.39, 0.29) is 30.8 Å². The Morgan fingerprint density at radius 2 is 1.86 bits per heavy atom. The molecular formula is C16H28N2O9S. The summed E-state index contributed by atoms with van der Waals surface area (Å²) in [6, 6.07) is 0.440. The van der Waals surface area contributed by atoms with E-state index in [0.717, 1.165) is 25.0 Å². The fourth-order valence-electron chi connectivity index (χ4n) is 2.88. The number of hydrogen-bond acceptors (Lipinski definition) is 9. The van der Waals surface area contributed by atoms with Crippen molar-refractivity contribution in [1.82, 2.24) is 10.6 Å². The lowest BCUT2D eigenvalue weighted by atomic mass is 10.0. The first-order valence-electron chi connectivity index (χ1n) is 8.90. The summed E-state index contributed by atoms with van der Waals surface area (Å²) in [5.74, 6) is 0.236. The molecule has 2 heterocycles. The maximum Gasteiger partial charge on any atom is 0.315 e. The summed E-state index contributed by atoms with van der Waals surface area (Å²) in [7, 11) is 0. The zero-order chi connectivity index (χ0) is 21.3. The van der Waals surface area contributed by atoms with Crippen molar-refractivity contribution >= 4 is 30.0 Å². The van der Waals surface area contributed by atoms with Crippen LogP contribution in [0.15, 0.2) is 0 Å². The molecule has 28 heavy (non-hydrogen) atoms. The minimum absolute atomic E-state index is 0.0258. The van der Waals surface area contributed by atoms with Gasteiger partial charge < -0.3 is 46.1 Å². The smallest absolute Gasteiger partial charge is 0.315 e. The van der Waals surface area contributed by atoms with E-state index in [1.165, 1.54) is 0 Å². The van der Waals surface area contributed by atoms with E-state index in [1.807, 2.05) is 11.8 Å². The number of carbonyl (C=O) groups excluding carboxylic acids is 2. The number of aliphatic hydroxyl groups excluding tert-OH is 5. The number of unbranched alkanes of at least 4 members (excludes halogenated alkanes) is 1. The Morgan fingerprint density at radius 1 is 1.18 bits per heavy atom. The molecule has 2 saturated heterocycles. The fourth-order valence-corrected chi connectivity index (χ4v) is 4.43. The van der Waals surface area contributed by atoms with Gasteiger partial charge in [-0.3, -0.25) is 4.79 Å². The molecule has 0 aliphatic carbocycles. The van der Waals surface area contributed by atoms with Crippen LogP contribution in [0.5, 0.6) is 0 Å². The van der Waals surface area contributed by atoms with Gasteiger partial charge in [-0.25, -0.2) is 4.79 Å². The Morgan fingerprint density at radius 3 is 2.43 bits per heavy atom. The van der Waals surface area contributed by atoms with Gasteiger partial charge in [0.15, 0.2) is 6.29 Å². The average molecular weight is 424 g/mol. The molecule has 8 N–H and O–H groups in total. The van der Waals surface area contributed by atoms with Crippen molar-refractivity contribution in [3.05, 3.63) is 0 Å². The highest BCUT2D eigenvalue weighted by Crippen LogP contribution is 2.33. The summed E-state index contributed by atoms with van der Waals surface area (Å²) in [5, 5.41) is 58.3. The number of carboxylic acids is 1. The second-order valence-electron chi connectivity index (χ2n) is 6.62. The first-order chi connectivity index (χ1) is 13.2. The van der Waals surface area contributed by atoms with Crippen LogP contribution in [0, 0.1) is 0 Å². The van der Waals surface area contributed by atoms with Crippen molar-refractivity contribution < 1.29 is 45.0 Å². The SMILES string of the molecule is O=C(O)CCCC[C@@H]1SC[C@@H]2NC(=O)N[C@@H]21.O=C[C@H](O)[C@@H](O)[C@@H](O)[C@H](O)CO. The number of thioether (sulfide) groups is 1. The van der Waals surface area contributed by atoms with Crippen LogP contribution in [0.25, 0.3) is 0 Å². The monoisotopic (exact) mass is 424 g/mol. The molecule has 0 aromatic rings. The Balaban J connectivity index is 0.000000295. The summed E-state index contributed by atoms with van der Waals surface area (Å²) in [5.41, 5.74) is 0. The molecule has 0 aromatic heterocycles. The summed E-state index contributed by atoms with van der Waals surface area (Å²) in [6.45, 7) is -0.760. The van der Waals surface area contributed by atoms with Crippen LogP contribution in [-0.4, -0.2) is 103 Å². The lowest BCUT2D eigenvalue weighted by Gasteiger charge is -2.22. The molecule has 2 aliphatic heterocycles. The van der Waals surface area contributed by atoms with Gasteiger partial charge in [0.1, 0.15) is 24.4 Å². The van der Waals surface area contributed by atoms with E-state index in [9.17, 15) is 14.4 Å². The maximum absolute atomic E-state index is 11.1. The number of carboxylic acid groups (broad SMARTS) is 1. The van der Waals surface area contributed by atoms with E-state index in [4.69, 9.17) is 30.6 Å². The minimum Gasteiger partial charge on any atom is -0.481 e. The predicted molar refractivity (Wildman–Crippen MR) is 98.8 cm³/mol. The molecule has 0 bridgehead atoms. The number of carbonyl (C=O) groups is 3. The molecule has 7 atom stereocenters. The largest absolute Gasteiger partial charge is 0.481 e. The molecule has 162 valence electrons. The zero-order valence-electron chi connectivity index (χ0n) is 15.2. The minimum atomic E-state index is -1.79. The number of amides is 2. The number of nitrogens with one attached hydrogen (secondary N) is 2. The highest BCUT2D eigenvalue weighted by atomic mass is 32.2. The second kappa shape index (κ2) is 12.2. The van der Waals surface area contributed by atoms with Crippen LogP contribution in [0.3, 0.4) is 0 Å². The first-order valence-corrected chi connectivity index (χ1v) is 9.95. The van der Waals surface area contributed by atoms with Crippen LogP contribution < -0.4 is 10.6 Å². The van der Waals surface area contributed by atoms with Gasteiger partial charge >= 0.3 is 12.0 Å². The maximum atomic E-state index is 11.1. The Kier molecular flexibility index (Phi) is 10.7. The number of urea groups is 1. The molecule has 0 spiro atoms. The van der Waals surface area contributed by atoms with E-state index >= 15 is 0 Å². The number of fused-ring (bicyclic) bond motifs is 1. The van der Waals surface area contributed by atoms with Gasteiger partial charge in [-0.15, -0.1) is 0 Å². The van der Waals surface area contributed by atoms with Gasteiger partial charge in [-0.2, -0.15) is 11.8 Å². The molecule has 2 fully saturated rings. The van der Waals surface area contributed by atoms with Crippen molar-refractivity contribution in [2.24, 2.45) is 0 Å². The summed E-state index contributed by atoms with van der Waals surface area (Å²) >= 11 is 1.87. The highest BCUT2D eigenvalue weighted by Gasteiger charge is 2.42. The number of aliphatic carboxylic acids is 1. The van der Waals surface area contributed by atoms with Crippen LogP contribution in [-0.2, 0) is 9.59 Å². The lowest BCUT2D eigenvalue weighted by Crippen LogP contribution is -2.46. The molecule has 0 aromatic carbocycles. The Bertz CT molecular complexity index is 524. The number of rotatable bonds is 10. The molecular weight excluding hydrogens is 396 g/mol. The molecule has 2 aliphatic rings. The van der Waals surface area contributed by atoms with E-state index in [2.05, 4.69) is 10.6 Å². The summed E-state index contributed by atoms with van der Waals surface area (Å²) in [6.07, 6.45) is -3.96. The normalized spacial score (nSPS) is 27.3. The fraction of sp³-hybridized carbons (Fsp3) is 0.812.